The van der Waals surface area contributed by atoms with Crippen molar-refractivity contribution in [1.29, 1.82) is 0 Å². The number of benzene rings is 1. The van der Waals surface area contributed by atoms with Gasteiger partial charge in [-0.2, -0.15) is 0 Å². The first-order valence-electron chi connectivity index (χ1n) is 7.32. The summed E-state index contributed by atoms with van der Waals surface area (Å²) < 4.78 is 0. The highest BCUT2D eigenvalue weighted by Crippen LogP contribution is 2.34. The molecule has 0 radical (unpaired) electrons. The summed E-state index contributed by atoms with van der Waals surface area (Å²) >= 11 is 0. The quantitative estimate of drug-likeness (QED) is 0.740. The number of nitrogens with two attached hydrogens (primary N) is 1. The molecule has 0 aliphatic heterocycles. The number of nitrogens with one attached hydrogen (secondary N) is 1. The second-order valence-corrected chi connectivity index (χ2v) is 5.58. The van der Waals surface area contributed by atoms with Crippen molar-refractivity contribution in [3.05, 3.63) is 35.9 Å². The van der Waals surface area contributed by atoms with Crippen molar-refractivity contribution >= 4 is 0 Å². The average Bonchev–Trinajstić information content (AvgIpc) is 3.14. The molecule has 0 spiro atoms. The fourth-order valence-corrected chi connectivity index (χ4v) is 2.59. The largest absolute Gasteiger partial charge is 0.327 e. The smallest absolute Gasteiger partial charge is 0.0168 e. The molecule has 1 aliphatic rings. The molecule has 1 aliphatic carbocycles. The molecule has 1 aromatic rings. The van der Waals surface area contributed by atoms with Crippen molar-refractivity contribution < 1.29 is 0 Å². The molecule has 3 unspecified atom stereocenters. The van der Waals surface area contributed by atoms with Crippen LogP contribution in [-0.4, -0.2) is 18.6 Å². The molecule has 2 nitrogen and oxygen atoms in total. The van der Waals surface area contributed by atoms with Crippen LogP contribution in [0.3, 0.4) is 0 Å². The predicted octanol–water partition coefficient (Wildman–Crippen LogP) is 2.72. The molecule has 3 N–H and O–H groups in total. The molecule has 0 aromatic heterocycles. The molecule has 1 saturated carbocycles. The molecular weight excluding hydrogens is 220 g/mol. The lowest BCUT2D eigenvalue weighted by Crippen LogP contribution is -2.35. The van der Waals surface area contributed by atoms with E-state index in [2.05, 4.69) is 42.6 Å². The minimum absolute atomic E-state index is 0.285. The van der Waals surface area contributed by atoms with E-state index in [4.69, 9.17) is 5.73 Å². The number of rotatable bonds is 8. The molecule has 1 aromatic carbocycles. The van der Waals surface area contributed by atoms with Gasteiger partial charge in [0.1, 0.15) is 0 Å². The highest BCUT2D eigenvalue weighted by Gasteiger charge is 2.35. The predicted molar refractivity (Wildman–Crippen MR) is 77.5 cm³/mol. The van der Waals surface area contributed by atoms with E-state index in [-0.39, 0.29) is 6.04 Å². The van der Waals surface area contributed by atoms with Gasteiger partial charge in [0.25, 0.3) is 0 Å². The maximum Gasteiger partial charge on any atom is 0.0168 e. The van der Waals surface area contributed by atoms with Gasteiger partial charge in [0.15, 0.2) is 0 Å². The van der Waals surface area contributed by atoms with Gasteiger partial charge in [0, 0.05) is 18.6 Å². The Kier molecular flexibility index (Phi) is 5.21. The van der Waals surface area contributed by atoms with Crippen LogP contribution in [0.2, 0.25) is 0 Å². The Labute approximate surface area is 111 Å². The van der Waals surface area contributed by atoms with E-state index in [0.717, 1.165) is 31.3 Å². The van der Waals surface area contributed by atoms with Crippen LogP contribution < -0.4 is 11.1 Å². The SMILES string of the molecule is CCCC1CC1NCC(N)CCc1ccccc1. The van der Waals surface area contributed by atoms with Gasteiger partial charge in [-0.3, -0.25) is 0 Å². The second-order valence-electron chi connectivity index (χ2n) is 5.58. The van der Waals surface area contributed by atoms with E-state index in [1.54, 1.807) is 0 Å². The van der Waals surface area contributed by atoms with E-state index in [1.807, 2.05) is 0 Å². The Morgan fingerprint density at radius 2 is 2.11 bits per heavy atom. The highest BCUT2D eigenvalue weighted by atomic mass is 15.0. The summed E-state index contributed by atoms with van der Waals surface area (Å²) in [6.45, 7) is 3.23. The molecule has 0 amide bonds. The monoisotopic (exact) mass is 246 g/mol. The Morgan fingerprint density at radius 3 is 2.83 bits per heavy atom. The molecule has 100 valence electrons. The average molecular weight is 246 g/mol. The Bertz CT molecular complexity index is 336. The summed E-state index contributed by atoms with van der Waals surface area (Å²) in [5.74, 6) is 0.927. The lowest BCUT2D eigenvalue weighted by Gasteiger charge is -2.12. The van der Waals surface area contributed by atoms with Crippen LogP contribution in [0.5, 0.6) is 0 Å². The van der Waals surface area contributed by atoms with Gasteiger partial charge in [-0.1, -0.05) is 43.7 Å². The topological polar surface area (TPSA) is 38.0 Å². The third kappa shape index (κ3) is 4.43. The minimum Gasteiger partial charge on any atom is -0.327 e. The van der Waals surface area contributed by atoms with E-state index in [9.17, 15) is 0 Å². The summed E-state index contributed by atoms with van der Waals surface area (Å²) in [5.41, 5.74) is 7.55. The summed E-state index contributed by atoms with van der Waals surface area (Å²) in [6.07, 6.45) is 6.20. The molecule has 0 saturated heterocycles. The highest BCUT2D eigenvalue weighted by molar-refractivity contribution is 5.14. The van der Waals surface area contributed by atoms with Gasteiger partial charge in [0.05, 0.1) is 0 Å². The van der Waals surface area contributed by atoms with E-state index < -0.39 is 0 Å². The van der Waals surface area contributed by atoms with Gasteiger partial charge in [-0.05, 0) is 37.2 Å². The molecular formula is C16H26N2. The molecule has 0 heterocycles. The van der Waals surface area contributed by atoms with Crippen LogP contribution in [0.4, 0.5) is 0 Å². The molecule has 2 rings (SSSR count). The zero-order valence-corrected chi connectivity index (χ0v) is 11.4. The maximum absolute atomic E-state index is 6.15. The number of aryl methyl sites for hydroxylation is 1. The Hall–Kier alpha value is -0.860. The van der Waals surface area contributed by atoms with Crippen molar-refractivity contribution in [2.24, 2.45) is 11.7 Å². The minimum atomic E-state index is 0.285. The first-order chi connectivity index (χ1) is 8.79. The lowest BCUT2D eigenvalue weighted by molar-refractivity contribution is 0.521. The maximum atomic E-state index is 6.15. The molecule has 0 bridgehead atoms. The van der Waals surface area contributed by atoms with Gasteiger partial charge in [0.2, 0.25) is 0 Å². The Balaban J connectivity index is 1.57. The summed E-state index contributed by atoms with van der Waals surface area (Å²) in [5, 5.41) is 3.60. The summed E-state index contributed by atoms with van der Waals surface area (Å²) in [6, 6.07) is 11.7. The fraction of sp³-hybridized carbons (Fsp3) is 0.625. The van der Waals surface area contributed by atoms with E-state index in [1.165, 1.54) is 24.8 Å². The molecule has 1 fully saturated rings. The van der Waals surface area contributed by atoms with Crippen LogP contribution in [0.1, 0.15) is 38.2 Å². The van der Waals surface area contributed by atoms with Crippen molar-refractivity contribution in [3.63, 3.8) is 0 Å². The molecule has 18 heavy (non-hydrogen) atoms. The molecule has 2 heteroatoms. The summed E-state index contributed by atoms with van der Waals surface area (Å²) in [7, 11) is 0. The number of hydrogen-bond acceptors (Lipinski definition) is 2. The van der Waals surface area contributed by atoms with Crippen molar-refractivity contribution in [2.45, 2.75) is 51.1 Å². The van der Waals surface area contributed by atoms with Crippen LogP contribution >= 0.6 is 0 Å². The number of hydrogen-bond donors (Lipinski definition) is 2. The zero-order valence-electron chi connectivity index (χ0n) is 11.4. The third-order valence-electron chi connectivity index (χ3n) is 3.87. The zero-order chi connectivity index (χ0) is 12.8. The van der Waals surface area contributed by atoms with Crippen LogP contribution in [-0.2, 0) is 6.42 Å². The summed E-state index contributed by atoms with van der Waals surface area (Å²) in [4.78, 5) is 0. The normalized spacial score (nSPS) is 23.9. The fourth-order valence-electron chi connectivity index (χ4n) is 2.59. The lowest BCUT2D eigenvalue weighted by atomic mass is 10.1. The van der Waals surface area contributed by atoms with Crippen molar-refractivity contribution in [3.8, 4) is 0 Å². The van der Waals surface area contributed by atoms with Crippen LogP contribution in [0.25, 0.3) is 0 Å². The van der Waals surface area contributed by atoms with Crippen molar-refractivity contribution in [2.75, 3.05) is 6.54 Å². The van der Waals surface area contributed by atoms with Gasteiger partial charge in [-0.15, -0.1) is 0 Å². The van der Waals surface area contributed by atoms with E-state index in [0.29, 0.717) is 0 Å². The van der Waals surface area contributed by atoms with Crippen LogP contribution in [0.15, 0.2) is 30.3 Å². The van der Waals surface area contributed by atoms with E-state index >= 15 is 0 Å². The van der Waals surface area contributed by atoms with Crippen molar-refractivity contribution in [1.82, 2.24) is 5.32 Å². The Morgan fingerprint density at radius 1 is 1.33 bits per heavy atom. The first kappa shape index (κ1) is 13.6. The van der Waals surface area contributed by atoms with Gasteiger partial charge < -0.3 is 11.1 Å². The third-order valence-corrected chi connectivity index (χ3v) is 3.87. The van der Waals surface area contributed by atoms with Gasteiger partial charge >= 0.3 is 0 Å². The second kappa shape index (κ2) is 6.91. The standard InChI is InChI=1S/C16H26N2/c1-2-6-14-11-16(14)18-12-15(17)10-9-13-7-4-3-5-8-13/h3-5,7-8,14-16,18H,2,6,9-12,17H2,1H3. The van der Waals surface area contributed by atoms with Gasteiger partial charge in [-0.25, -0.2) is 0 Å². The first-order valence-corrected chi connectivity index (χ1v) is 7.32. The van der Waals surface area contributed by atoms with Crippen LogP contribution in [0, 0.1) is 5.92 Å². The molecule has 3 atom stereocenters.